The normalized spacial score (nSPS) is 18.4. The minimum atomic E-state index is -1.06. The number of unbranched alkanes of at least 4 members (excludes halogenated alkanes) is 1. The number of ether oxygens (including phenoxy) is 3. The van der Waals surface area contributed by atoms with Crippen molar-refractivity contribution >= 4 is 0 Å². The molecule has 0 amide bonds. The Labute approximate surface area is 196 Å². The van der Waals surface area contributed by atoms with Gasteiger partial charge in [-0.2, -0.15) is 4.39 Å². The fraction of sp³-hybridized carbons (Fsp3) is 0.259. The van der Waals surface area contributed by atoms with Crippen molar-refractivity contribution in [3.05, 3.63) is 90.0 Å². The molecule has 0 unspecified atom stereocenters. The topological polar surface area (TPSA) is 47.9 Å². The van der Waals surface area contributed by atoms with E-state index < -0.39 is 29.8 Å². The molecule has 0 aliphatic carbocycles. The van der Waals surface area contributed by atoms with Gasteiger partial charge in [-0.3, -0.25) is 0 Å². The Kier molecular flexibility index (Phi) is 7.67. The van der Waals surface area contributed by atoms with Crippen LogP contribution >= 0.6 is 0 Å². The SMILES string of the molecule is CCC/C=C\Oc1ccc(-c2ccc(-c3ccc(C4OCC(O)CO4)c(F)c3)cc2)c(F)c1F. The summed E-state index contributed by atoms with van der Waals surface area (Å²) < 4.78 is 59.7. The summed E-state index contributed by atoms with van der Waals surface area (Å²) in [4.78, 5) is 0. The molecule has 4 rings (SSSR count). The van der Waals surface area contributed by atoms with Crippen LogP contribution in [0.25, 0.3) is 22.3 Å². The van der Waals surface area contributed by atoms with Crippen molar-refractivity contribution in [1.29, 1.82) is 0 Å². The molecule has 0 aromatic heterocycles. The number of allylic oxidation sites excluding steroid dienone is 1. The number of aliphatic hydroxyl groups is 1. The first-order chi connectivity index (χ1) is 16.5. The van der Waals surface area contributed by atoms with E-state index in [9.17, 15) is 18.3 Å². The van der Waals surface area contributed by atoms with Crippen molar-refractivity contribution in [2.45, 2.75) is 32.2 Å². The summed E-state index contributed by atoms with van der Waals surface area (Å²) in [5.41, 5.74) is 2.14. The highest BCUT2D eigenvalue weighted by Gasteiger charge is 2.24. The maximum atomic E-state index is 14.7. The highest BCUT2D eigenvalue weighted by molar-refractivity contribution is 5.71. The molecular formula is C27H25F3O4. The van der Waals surface area contributed by atoms with Crippen LogP contribution in [-0.2, 0) is 9.47 Å². The van der Waals surface area contributed by atoms with Crippen LogP contribution in [0.5, 0.6) is 5.75 Å². The Hall–Kier alpha value is -3.13. The molecule has 0 spiro atoms. The monoisotopic (exact) mass is 470 g/mol. The summed E-state index contributed by atoms with van der Waals surface area (Å²) >= 11 is 0. The lowest BCUT2D eigenvalue weighted by Crippen LogP contribution is -2.31. The van der Waals surface area contributed by atoms with E-state index in [0.29, 0.717) is 16.7 Å². The van der Waals surface area contributed by atoms with Crippen LogP contribution in [0.4, 0.5) is 13.2 Å². The lowest BCUT2D eigenvalue weighted by molar-refractivity contribution is -0.221. The minimum Gasteiger partial charge on any atom is -0.462 e. The molecule has 1 aliphatic rings. The number of benzene rings is 3. The molecule has 1 fully saturated rings. The van der Waals surface area contributed by atoms with Gasteiger partial charge in [-0.05, 0) is 47.4 Å². The van der Waals surface area contributed by atoms with E-state index >= 15 is 0 Å². The van der Waals surface area contributed by atoms with E-state index in [-0.39, 0.29) is 30.1 Å². The Balaban J connectivity index is 1.51. The van der Waals surface area contributed by atoms with Crippen LogP contribution in [0.3, 0.4) is 0 Å². The van der Waals surface area contributed by atoms with Crippen molar-refractivity contribution in [2.75, 3.05) is 13.2 Å². The van der Waals surface area contributed by atoms with Crippen molar-refractivity contribution in [1.82, 2.24) is 0 Å². The third kappa shape index (κ3) is 5.33. The van der Waals surface area contributed by atoms with Gasteiger partial charge < -0.3 is 19.3 Å². The molecule has 0 atom stereocenters. The zero-order valence-corrected chi connectivity index (χ0v) is 18.6. The van der Waals surface area contributed by atoms with Gasteiger partial charge in [0, 0.05) is 11.1 Å². The number of rotatable bonds is 7. The van der Waals surface area contributed by atoms with Crippen molar-refractivity contribution in [3.8, 4) is 28.0 Å². The number of hydrogen-bond donors (Lipinski definition) is 1. The van der Waals surface area contributed by atoms with Crippen LogP contribution in [0.2, 0.25) is 0 Å². The van der Waals surface area contributed by atoms with E-state index in [1.807, 2.05) is 6.92 Å². The second-order valence-corrected chi connectivity index (χ2v) is 7.98. The van der Waals surface area contributed by atoms with Crippen LogP contribution in [0.1, 0.15) is 31.6 Å². The molecule has 0 bridgehead atoms. The Bertz CT molecular complexity index is 1150. The van der Waals surface area contributed by atoms with Gasteiger partial charge in [0.25, 0.3) is 0 Å². The van der Waals surface area contributed by atoms with Crippen LogP contribution in [0, 0.1) is 17.5 Å². The fourth-order valence-electron chi connectivity index (χ4n) is 3.61. The van der Waals surface area contributed by atoms with Gasteiger partial charge >= 0.3 is 0 Å². The second kappa shape index (κ2) is 10.9. The number of aliphatic hydroxyl groups excluding tert-OH is 1. The van der Waals surface area contributed by atoms with Crippen LogP contribution in [0.15, 0.2) is 66.9 Å². The second-order valence-electron chi connectivity index (χ2n) is 7.98. The van der Waals surface area contributed by atoms with Gasteiger partial charge in [0.2, 0.25) is 5.82 Å². The fourth-order valence-corrected chi connectivity index (χ4v) is 3.61. The van der Waals surface area contributed by atoms with Gasteiger partial charge in [0.1, 0.15) is 11.9 Å². The maximum Gasteiger partial charge on any atom is 0.201 e. The third-order valence-corrected chi connectivity index (χ3v) is 5.46. The predicted molar refractivity (Wildman–Crippen MR) is 123 cm³/mol. The van der Waals surface area contributed by atoms with E-state index in [4.69, 9.17) is 14.2 Å². The van der Waals surface area contributed by atoms with Crippen molar-refractivity contribution in [2.24, 2.45) is 0 Å². The highest BCUT2D eigenvalue weighted by Crippen LogP contribution is 2.33. The standard InChI is InChI=1S/C27H25F3O4/c1-2-3-4-13-32-24-12-11-21(25(29)26(24)30)18-7-5-17(6-8-18)19-9-10-22(23(28)14-19)27-33-15-20(31)16-34-27/h4-14,20,27,31H,2-3,15-16H2,1H3/b13-4-. The van der Waals surface area contributed by atoms with Gasteiger partial charge in [0.05, 0.1) is 19.5 Å². The van der Waals surface area contributed by atoms with Gasteiger partial charge in [-0.15, -0.1) is 0 Å². The summed E-state index contributed by atoms with van der Waals surface area (Å²) in [6, 6.07) is 14.2. The molecule has 34 heavy (non-hydrogen) atoms. The van der Waals surface area contributed by atoms with Gasteiger partial charge in [-0.1, -0.05) is 49.7 Å². The van der Waals surface area contributed by atoms with Gasteiger partial charge in [0.15, 0.2) is 17.9 Å². The first kappa shape index (κ1) is 24.0. The zero-order valence-electron chi connectivity index (χ0n) is 18.6. The first-order valence-corrected chi connectivity index (χ1v) is 11.1. The molecule has 3 aromatic carbocycles. The van der Waals surface area contributed by atoms with E-state index in [1.54, 1.807) is 42.5 Å². The summed E-state index contributed by atoms with van der Waals surface area (Å²) in [6.45, 7) is 2.16. The molecule has 4 nitrogen and oxygen atoms in total. The molecule has 1 N–H and O–H groups in total. The zero-order chi connectivity index (χ0) is 24.1. The average molecular weight is 470 g/mol. The van der Waals surface area contributed by atoms with Crippen LogP contribution < -0.4 is 4.74 Å². The molecule has 1 saturated heterocycles. The summed E-state index contributed by atoms with van der Waals surface area (Å²) in [6.07, 6.45) is 3.23. The maximum absolute atomic E-state index is 14.7. The molecule has 7 heteroatoms. The Morgan fingerprint density at radius 1 is 0.912 bits per heavy atom. The smallest absolute Gasteiger partial charge is 0.201 e. The molecule has 3 aromatic rings. The Morgan fingerprint density at radius 3 is 2.26 bits per heavy atom. The minimum absolute atomic E-state index is 0.0765. The number of hydrogen-bond acceptors (Lipinski definition) is 4. The highest BCUT2D eigenvalue weighted by atomic mass is 19.2. The third-order valence-electron chi connectivity index (χ3n) is 5.46. The lowest BCUT2D eigenvalue weighted by atomic mass is 9.98. The Morgan fingerprint density at radius 2 is 1.59 bits per heavy atom. The average Bonchev–Trinajstić information content (AvgIpc) is 2.85. The molecule has 178 valence electrons. The van der Waals surface area contributed by atoms with E-state index in [2.05, 4.69) is 0 Å². The molecular weight excluding hydrogens is 445 g/mol. The largest absolute Gasteiger partial charge is 0.462 e. The predicted octanol–water partition coefficient (Wildman–Crippen LogP) is 6.54. The van der Waals surface area contributed by atoms with Gasteiger partial charge in [-0.25, -0.2) is 8.78 Å². The lowest BCUT2D eigenvalue weighted by Gasteiger charge is -2.27. The molecule has 1 heterocycles. The molecule has 0 radical (unpaired) electrons. The molecule has 0 saturated carbocycles. The van der Waals surface area contributed by atoms with Crippen molar-refractivity contribution in [3.63, 3.8) is 0 Å². The first-order valence-electron chi connectivity index (χ1n) is 11.1. The van der Waals surface area contributed by atoms with Crippen LogP contribution in [-0.4, -0.2) is 24.4 Å². The summed E-state index contributed by atoms with van der Waals surface area (Å²) in [7, 11) is 0. The van der Waals surface area contributed by atoms with E-state index in [0.717, 1.165) is 12.8 Å². The van der Waals surface area contributed by atoms with E-state index in [1.165, 1.54) is 24.5 Å². The summed E-state index contributed by atoms with van der Waals surface area (Å²) in [5.74, 6) is -2.73. The van der Waals surface area contributed by atoms with Crippen molar-refractivity contribution < 1.29 is 32.5 Å². The number of halogens is 3. The molecule has 1 aliphatic heterocycles. The summed E-state index contributed by atoms with van der Waals surface area (Å²) in [5, 5.41) is 9.44. The quantitative estimate of drug-likeness (QED) is 0.399.